The van der Waals surface area contributed by atoms with Gasteiger partial charge in [-0.1, -0.05) is 0 Å². The maximum absolute atomic E-state index is 12.8. The summed E-state index contributed by atoms with van der Waals surface area (Å²) in [5.41, 5.74) is 0.621. The van der Waals surface area contributed by atoms with Crippen molar-refractivity contribution >= 4 is 15.6 Å². The number of benzene rings is 1. The van der Waals surface area contributed by atoms with E-state index in [1.165, 1.54) is 0 Å². The minimum atomic E-state index is -3.16. The Balaban J connectivity index is 1.39. The molecule has 2 atom stereocenters. The molecule has 0 bridgehead atoms. The van der Waals surface area contributed by atoms with Crippen molar-refractivity contribution in [3.8, 4) is 11.5 Å². The fourth-order valence-corrected chi connectivity index (χ4v) is 5.92. The number of ether oxygens (including phenoxy) is 2. The minimum absolute atomic E-state index is 0.00887. The molecule has 0 aromatic heterocycles. The number of fused-ring (bicyclic) bond motifs is 1. The maximum Gasteiger partial charge on any atom is 0.166 e. The van der Waals surface area contributed by atoms with Gasteiger partial charge in [0.2, 0.25) is 0 Å². The molecule has 3 aliphatic heterocycles. The number of likely N-dealkylation sites (tertiary alicyclic amines) is 1. The molecule has 1 N–H and O–H groups in total. The summed E-state index contributed by atoms with van der Waals surface area (Å²) in [6.07, 6.45) is 0.498. The summed E-state index contributed by atoms with van der Waals surface area (Å²) in [5.74, 6) is 1.12. The summed E-state index contributed by atoms with van der Waals surface area (Å²) >= 11 is 0. The zero-order valence-electron chi connectivity index (χ0n) is 14.5. The second-order valence-corrected chi connectivity index (χ2v) is 9.40. The number of carbonyl (C=O) groups excluding carboxylic acids is 1. The van der Waals surface area contributed by atoms with Crippen LogP contribution in [0.4, 0.5) is 0 Å². The molecule has 0 aliphatic carbocycles. The van der Waals surface area contributed by atoms with Crippen LogP contribution in [0.5, 0.6) is 11.5 Å². The molecule has 4 rings (SSSR count). The van der Waals surface area contributed by atoms with E-state index in [9.17, 15) is 18.3 Å². The van der Waals surface area contributed by atoms with Crippen LogP contribution in [0.1, 0.15) is 23.2 Å². The molecule has 0 unspecified atom stereocenters. The summed E-state index contributed by atoms with van der Waals surface area (Å²) in [4.78, 5) is 14.8. The van der Waals surface area contributed by atoms with E-state index >= 15 is 0 Å². The van der Waals surface area contributed by atoms with E-state index in [0.717, 1.165) is 0 Å². The third-order valence-corrected chi connectivity index (χ3v) is 7.19. The summed E-state index contributed by atoms with van der Waals surface area (Å²) in [7, 11) is -3.16. The first kappa shape index (κ1) is 17.8. The molecule has 0 saturated carbocycles. The molecule has 3 aliphatic rings. The van der Waals surface area contributed by atoms with Gasteiger partial charge < -0.3 is 14.6 Å². The standard InChI is InChI=1S/C18H23NO6S/c20-15-11-26(22,23)10-14(15)19-5-3-12(4-6-19)18(21)13-1-2-16-17(9-13)25-8-7-24-16/h1-2,9,12,14-15,20H,3-8,10-11H2/t14-,15+/m0/s1. The topological polar surface area (TPSA) is 93.1 Å². The van der Waals surface area contributed by atoms with Crippen molar-refractivity contribution in [1.82, 2.24) is 4.90 Å². The smallest absolute Gasteiger partial charge is 0.166 e. The fraction of sp³-hybridized carbons (Fsp3) is 0.611. The third-order valence-electron chi connectivity index (χ3n) is 5.49. The van der Waals surface area contributed by atoms with Crippen molar-refractivity contribution in [3.05, 3.63) is 23.8 Å². The Kier molecular flexibility index (Phi) is 4.66. The molecule has 26 heavy (non-hydrogen) atoms. The van der Waals surface area contributed by atoms with Gasteiger partial charge in [-0.05, 0) is 44.1 Å². The minimum Gasteiger partial charge on any atom is -0.486 e. The van der Waals surface area contributed by atoms with Crippen molar-refractivity contribution in [2.45, 2.75) is 25.0 Å². The number of ketones is 1. The Morgan fingerprint density at radius 3 is 2.42 bits per heavy atom. The summed E-state index contributed by atoms with van der Waals surface area (Å²) in [5, 5.41) is 10.0. The number of Topliss-reactive ketones (excluding diaryl/α,β-unsaturated/α-hetero) is 1. The molecule has 3 heterocycles. The number of carbonyl (C=O) groups is 1. The monoisotopic (exact) mass is 381 g/mol. The van der Waals surface area contributed by atoms with E-state index in [4.69, 9.17) is 9.47 Å². The number of aliphatic hydroxyl groups is 1. The number of rotatable bonds is 3. The molecule has 1 aromatic rings. The van der Waals surface area contributed by atoms with Crippen LogP contribution in [0.25, 0.3) is 0 Å². The molecule has 2 fully saturated rings. The second-order valence-electron chi connectivity index (χ2n) is 7.24. The highest BCUT2D eigenvalue weighted by molar-refractivity contribution is 7.91. The highest BCUT2D eigenvalue weighted by Crippen LogP contribution is 2.33. The van der Waals surface area contributed by atoms with Gasteiger partial charge in [0, 0.05) is 11.5 Å². The Hall–Kier alpha value is -1.64. The Morgan fingerprint density at radius 2 is 1.77 bits per heavy atom. The zero-order valence-corrected chi connectivity index (χ0v) is 15.3. The van der Waals surface area contributed by atoms with E-state index in [-0.39, 0.29) is 29.2 Å². The van der Waals surface area contributed by atoms with Crippen molar-refractivity contribution < 1.29 is 27.8 Å². The molecule has 0 radical (unpaired) electrons. The quantitative estimate of drug-likeness (QED) is 0.763. The van der Waals surface area contributed by atoms with Crippen molar-refractivity contribution in [2.24, 2.45) is 5.92 Å². The average molecular weight is 381 g/mol. The van der Waals surface area contributed by atoms with Crippen LogP contribution < -0.4 is 9.47 Å². The van der Waals surface area contributed by atoms with Crippen LogP contribution in [0, 0.1) is 5.92 Å². The number of sulfone groups is 1. The normalized spacial score (nSPS) is 28.8. The lowest BCUT2D eigenvalue weighted by molar-refractivity contribution is 0.0538. The number of hydrogen-bond acceptors (Lipinski definition) is 7. The van der Waals surface area contributed by atoms with Crippen LogP contribution in [-0.2, 0) is 9.84 Å². The van der Waals surface area contributed by atoms with Gasteiger partial charge in [-0.25, -0.2) is 8.42 Å². The lowest BCUT2D eigenvalue weighted by Crippen LogP contribution is -2.47. The number of piperidine rings is 1. The SMILES string of the molecule is O=C(c1ccc2c(c1)OCCO2)C1CCN([C@H]2CS(=O)(=O)C[C@H]2O)CC1. The second kappa shape index (κ2) is 6.83. The van der Waals surface area contributed by atoms with Crippen LogP contribution >= 0.6 is 0 Å². The molecule has 1 aromatic carbocycles. The van der Waals surface area contributed by atoms with E-state index < -0.39 is 15.9 Å². The predicted octanol–water partition coefficient (Wildman–Crippen LogP) is 0.510. The fourth-order valence-electron chi connectivity index (χ4n) is 4.08. The molecular weight excluding hydrogens is 358 g/mol. The van der Waals surface area contributed by atoms with Crippen molar-refractivity contribution in [2.75, 3.05) is 37.8 Å². The van der Waals surface area contributed by atoms with Gasteiger partial charge in [0.1, 0.15) is 13.2 Å². The van der Waals surface area contributed by atoms with Gasteiger partial charge in [-0.15, -0.1) is 0 Å². The van der Waals surface area contributed by atoms with E-state index in [0.29, 0.717) is 56.2 Å². The summed E-state index contributed by atoms with van der Waals surface area (Å²) < 4.78 is 34.4. The Labute approximate surface area is 152 Å². The lowest BCUT2D eigenvalue weighted by Gasteiger charge is -2.36. The van der Waals surface area contributed by atoms with Gasteiger partial charge in [-0.3, -0.25) is 9.69 Å². The first-order valence-corrected chi connectivity index (χ1v) is 10.8. The number of aliphatic hydroxyl groups excluding tert-OH is 1. The molecule has 0 amide bonds. The highest BCUT2D eigenvalue weighted by atomic mass is 32.2. The van der Waals surface area contributed by atoms with Gasteiger partial charge in [0.25, 0.3) is 0 Å². The number of nitrogens with zero attached hydrogens (tertiary/aromatic N) is 1. The van der Waals surface area contributed by atoms with Crippen molar-refractivity contribution in [3.63, 3.8) is 0 Å². The van der Waals surface area contributed by atoms with Crippen LogP contribution in [0.3, 0.4) is 0 Å². The molecule has 8 heteroatoms. The van der Waals surface area contributed by atoms with Gasteiger partial charge in [-0.2, -0.15) is 0 Å². The highest BCUT2D eigenvalue weighted by Gasteiger charge is 2.41. The molecule has 7 nitrogen and oxygen atoms in total. The maximum atomic E-state index is 12.8. The van der Waals surface area contributed by atoms with Gasteiger partial charge in [0.05, 0.1) is 23.7 Å². The zero-order chi connectivity index (χ0) is 18.3. The summed E-state index contributed by atoms with van der Waals surface area (Å²) in [6.45, 7) is 2.24. The summed E-state index contributed by atoms with van der Waals surface area (Å²) in [6, 6.07) is 4.95. The van der Waals surface area contributed by atoms with E-state index in [1.54, 1.807) is 18.2 Å². The Bertz CT molecular complexity index is 800. The first-order valence-electron chi connectivity index (χ1n) is 8.99. The largest absolute Gasteiger partial charge is 0.486 e. The predicted molar refractivity (Wildman–Crippen MR) is 94.5 cm³/mol. The van der Waals surface area contributed by atoms with Gasteiger partial charge >= 0.3 is 0 Å². The molecule has 142 valence electrons. The van der Waals surface area contributed by atoms with E-state index in [1.807, 2.05) is 4.90 Å². The molecule has 2 saturated heterocycles. The molecular formula is C18H23NO6S. The van der Waals surface area contributed by atoms with Crippen molar-refractivity contribution in [1.29, 1.82) is 0 Å². The molecule has 0 spiro atoms. The number of hydrogen-bond donors (Lipinski definition) is 1. The van der Waals surface area contributed by atoms with Crippen LogP contribution in [0.2, 0.25) is 0 Å². The lowest BCUT2D eigenvalue weighted by atomic mass is 9.88. The Morgan fingerprint density at radius 1 is 1.08 bits per heavy atom. The third kappa shape index (κ3) is 3.45. The van der Waals surface area contributed by atoms with Crippen LogP contribution in [0.15, 0.2) is 18.2 Å². The first-order chi connectivity index (χ1) is 12.4. The van der Waals surface area contributed by atoms with E-state index in [2.05, 4.69) is 0 Å². The van der Waals surface area contributed by atoms with Crippen LogP contribution in [-0.4, -0.2) is 74.2 Å². The average Bonchev–Trinajstić information content (AvgIpc) is 2.93. The van der Waals surface area contributed by atoms with Gasteiger partial charge in [0.15, 0.2) is 27.1 Å².